The minimum atomic E-state index is -0.145. The zero-order valence-electron chi connectivity index (χ0n) is 11.5. The number of likely N-dealkylation sites (tertiary alicyclic amines) is 1. The van der Waals surface area contributed by atoms with E-state index in [1.165, 1.54) is 18.8 Å². The molecular formula is C14H21N3O2. The van der Waals surface area contributed by atoms with Crippen molar-refractivity contribution < 1.29 is 9.90 Å². The molecule has 1 amide bonds. The lowest BCUT2D eigenvalue weighted by Gasteiger charge is -2.32. The molecule has 104 valence electrons. The van der Waals surface area contributed by atoms with Gasteiger partial charge in [0.1, 0.15) is 5.75 Å². The van der Waals surface area contributed by atoms with E-state index in [2.05, 4.69) is 16.9 Å². The van der Waals surface area contributed by atoms with Crippen LogP contribution in [0.2, 0.25) is 0 Å². The Morgan fingerprint density at radius 2 is 2.42 bits per heavy atom. The first kappa shape index (κ1) is 13.8. The van der Waals surface area contributed by atoms with Crippen molar-refractivity contribution in [3.63, 3.8) is 0 Å². The van der Waals surface area contributed by atoms with Crippen molar-refractivity contribution in [2.45, 2.75) is 12.8 Å². The van der Waals surface area contributed by atoms with E-state index >= 15 is 0 Å². The molecule has 0 radical (unpaired) electrons. The van der Waals surface area contributed by atoms with Crippen LogP contribution >= 0.6 is 0 Å². The van der Waals surface area contributed by atoms with Gasteiger partial charge in [0.2, 0.25) is 0 Å². The van der Waals surface area contributed by atoms with Crippen molar-refractivity contribution in [2.75, 3.05) is 33.7 Å². The molecule has 2 heterocycles. The Balaban J connectivity index is 1.98. The first-order chi connectivity index (χ1) is 9.08. The molecule has 0 bridgehead atoms. The van der Waals surface area contributed by atoms with Crippen LogP contribution in [0, 0.1) is 5.92 Å². The molecule has 19 heavy (non-hydrogen) atoms. The molecule has 0 saturated carbocycles. The van der Waals surface area contributed by atoms with Gasteiger partial charge in [0, 0.05) is 26.3 Å². The first-order valence-corrected chi connectivity index (χ1v) is 6.65. The van der Waals surface area contributed by atoms with Crippen LogP contribution in [0.3, 0.4) is 0 Å². The summed E-state index contributed by atoms with van der Waals surface area (Å²) >= 11 is 0. The first-order valence-electron chi connectivity index (χ1n) is 6.65. The normalized spacial score (nSPS) is 20.2. The summed E-state index contributed by atoms with van der Waals surface area (Å²) in [6, 6.07) is 1.56. The number of nitrogens with zero attached hydrogens (tertiary/aromatic N) is 3. The Bertz CT molecular complexity index is 450. The fraction of sp³-hybridized carbons (Fsp3) is 0.571. The van der Waals surface area contributed by atoms with Gasteiger partial charge in [-0.15, -0.1) is 0 Å². The van der Waals surface area contributed by atoms with E-state index in [1.807, 2.05) is 0 Å². The fourth-order valence-electron chi connectivity index (χ4n) is 2.67. The highest BCUT2D eigenvalue weighted by Gasteiger charge is 2.22. The van der Waals surface area contributed by atoms with Crippen molar-refractivity contribution in [1.82, 2.24) is 14.8 Å². The number of amides is 1. The SMILES string of the molecule is CN1CCC[C@@H](CN(C)C(=O)c2ccncc2O)C1. The second-order valence-electron chi connectivity index (χ2n) is 5.35. The number of hydrogen-bond acceptors (Lipinski definition) is 4. The molecule has 1 aromatic rings. The van der Waals surface area contributed by atoms with Crippen LogP contribution in [0.1, 0.15) is 23.2 Å². The molecule has 1 aliphatic heterocycles. The minimum Gasteiger partial charge on any atom is -0.505 e. The smallest absolute Gasteiger partial charge is 0.257 e. The van der Waals surface area contributed by atoms with Crippen molar-refractivity contribution in [2.24, 2.45) is 5.92 Å². The summed E-state index contributed by atoms with van der Waals surface area (Å²) in [6.07, 6.45) is 5.17. The lowest BCUT2D eigenvalue weighted by Crippen LogP contribution is -2.40. The van der Waals surface area contributed by atoms with Crippen molar-refractivity contribution in [3.05, 3.63) is 24.0 Å². The zero-order valence-corrected chi connectivity index (χ0v) is 11.5. The Labute approximate surface area is 113 Å². The summed E-state index contributed by atoms with van der Waals surface area (Å²) in [5.74, 6) is 0.310. The monoisotopic (exact) mass is 263 g/mol. The summed E-state index contributed by atoms with van der Waals surface area (Å²) < 4.78 is 0. The van der Waals surface area contributed by atoms with Crippen LogP contribution in [-0.4, -0.2) is 59.5 Å². The number of carbonyl (C=O) groups is 1. The molecule has 5 heteroatoms. The van der Waals surface area contributed by atoms with Gasteiger partial charge in [-0.1, -0.05) is 0 Å². The van der Waals surface area contributed by atoms with Crippen molar-refractivity contribution >= 4 is 5.91 Å². The second kappa shape index (κ2) is 6.02. The highest BCUT2D eigenvalue weighted by atomic mass is 16.3. The van der Waals surface area contributed by atoms with Crippen LogP contribution < -0.4 is 0 Å². The number of aromatic nitrogens is 1. The summed E-state index contributed by atoms with van der Waals surface area (Å²) in [5, 5.41) is 9.66. The topological polar surface area (TPSA) is 56.7 Å². The molecular weight excluding hydrogens is 242 g/mol. The largest absolute Gasteiger partial charge is 0.505 e. The molecule has 0 aromatic carbocycles. The molecule has 1 aromatic heterocycles. The third kappa shape index (κ3) is 3.44. The Hall–Kier alpha value is -1.62. The van der Waals surface area contributed by atoms with Crippen molar-refractivity contribution in [3.8, 4) is 5.75 Å². The summed E-state index contributed by atoms with van der Waals surface area (Å²) in [5.41, 5.74) is 0.321. The average molecular weight is 263 g/mol. The van der Waals surface area contributed by atoms with E-state index in [-0.39, 0.29) is 11.7 Å². The van der Waals surface area contributed by atoms with Gasteiger partial charge in [0.15, 0.2) is 0 Å². The van der Waals surface area contributed by atoms with Gasteiger partial charge < -0.3 is 14.9 Å². The highest BCUT2D eigenvalue weighted by molar-refractivity contribution is 5.96. The van der Waals surface area contributed by atoms with E-state index < -0.39 is 0 Å². The van der Waals surface area contributed by atoms with Gasteiger partial charge in [0.05, 0.1) is 11.8 Å². The molecule has 1 N–H and O–H groups in total. The van der Waals surface area contributed by atoms with Crippen LogP contribution in [-0.2, 0) is 0 Å². The Morgan fingerprint density at radius 1 is 1.63 bits per heavy atom. The second-order valence-corrected chi connectivity index (χ2v) is 5.35. The number of aromatic hydroxyl groups is 1. The number of hydrogen-bond donors (Lipinski definition) is 1. The predicted molar refractivity (Wildman–Crippen MR) is 73.1 cm³/mol. The van der Waals surface area contributed by atoms with E-state index in [1.54, 1.807) is 18.0 Å². The molecule has 0 unspecified atom stereocenters. The highest BCUT2D eigenvalue weighted by Crippen LogP contribution is 2.19. The maximum absolute atomic E-state index is 12.2. The van der Waals surface area contributed by atoms with Gasteiger partial charge in [-0.2, -0.15) is 0 Å². The van der Waals surface area contributed by atoms with E-state index in [0.29, 0.717) is 11.5 Å². The predicted octanol–water partition coefficient (Wildman–Crippen LogP) is 1.20. The van der Waals surface area contributed by atoms with Gasteiger partial charge in [-0.25, -0.2) is 0 Å². The third-order valence-electron chi connectivity index (χ3n) is 3.63. The molecule has 0 spiro atoms. The van der Waals surface area contributed by atoms with E-state index in [4.69, 9.17) is 0 Å². The minimum absolute atomic E-state index is 0.0555. The van der Waals surface area contributed by atoms with Crippen molar-refractivity contribution in [1.29, 1.82) is 0 Å². The van der Waals surface area contributed by atoms with E-state index in [9.17, 15) is 9.90 Å². The van der Waals surface area contributed by atoms with Gasteiger partial charge in [0.25, 0.3) is 5.91 Å². The molecule has 1 atom stereocenters. The third-order valence-corrected chi connectivity index (χ3v) is 3.63. The number of pyridine rings is 1. The average Bonchev–Trinajstić information content (AvgIpc) is 2.38. The summed E-state index contributed by atoms with van der Waals surface area (Å²) in [7, 11) is 3.90. The van der Waals surface area contributed by atoms with Crippen LogP contribution in [0.25, 0.3) is 0 Å². The Morgan fingerprint density at radius 3 is 3.11 bits per heavy atom. The molecule has 1 aliphatic rings. The molecule has 2 rings (SSSR count). The maximum atomic E-state index is 12.2. The van der Waals surface area contributed by atoms with Gasteiger partial charge in [-0.3, -0.25) is 9.78 Å². The van der Waals surface area contributed by atoms with E-state index in [0.717, 1.165) is 26.1 Å². The molecule has 5 nitrogen and oxygen atoms in total. The van der Waals surface area contributed by atoms with Crippen LogP contribution in [0.5, 0.6) is 5.75 Å². The van der Waals surface area contributed by atoms with Gasteiger partial charge >= 0.3 is 0 Å². The standard InChI is InChI=1S/C14H21N3O2/c1-16-7-3-4-11(9-16)10-17(2)14(19)12-5-6-15-8-13(12)18/h5-6,8,11,18H,3-4,7,9-10H2,1-2H3/t11-/m1/s1. The molecule has 1 fully saturated rings. The number of rotatable bonds is 3. The summed E-state index contributed by atoms with van der Waals surface area (Å²) in [4.78, 5) is 20.0. The number of piperidine rings is 1. The van der Waals surface area contributed by atoms with Crippen LogP contribution in [0.4, 0.5) is 0 Å². The van der Waals surface area contributed by atoms with Gasteiger partial charge in [-0.05, 0) is 38.4 Å². The Kier molecular flexibility index (Phi) is 4.37. The maximum Gasteiger partial charge on any atom is 0.257 e. The zero-order chi connectivity index (χ0) is 13.8. The van der Waals surface area contributed by atoms with Crippen LogP contribution in [0.15, 0.2) is 18.5 Å². The molecule has 0 aliphatic carbocycles. The molecule has 1 saturated heterocycles. The lowest BCUT2D eigenvalue weighted by atomic mass is 9.98. The fourth-order valence-corrected chi connectivity index (χ4v) is 2.67. The summed E-state index contributed by atoms with van der Waals surface area (Å²) in [6.45, 7) is 2.89. The quantitative estimate of drug-likeness (QED) is 0.890. The lowest BCUT2D eigenvalue weighted by molar-refractivity contribution is 0.0737. The number of carbonyl (C=O) groups excluding carboxylic acids is 1.